The lowest BCUT2D eigenvalue weighted by Gasteiger charge is -2.27. The standard InChI is InChI=1S/C11H15NO3/c1-3-11(2,15-10(12)14)8-5-4-6-9(13)7-8/h4-7,13H,3H2,1-2H3,(H2,12,14). The Morgan fingerprint density at radius 1 is 1.60 bits per heavy atom. The van der Waals surface area contributed by atoms with Crippen molar-refractivity contribution in [1.82, 2.24) is 0 Å². The van der Waals surface area contributed by atoms with Crippen LogP contribution in [0.4, 0.5) is 4.79 Å². The lowest BCUT2D eigenvalue weighted by molar-refractivity contribution is 0.0248. The minimum absolute atomic E-state index is 0.139. The van der Waals surface area contributed by atoms with E-state index in [1.807, 2.05) is 6.92 Å². The number of hydrogen-bond donors (Lipinski definition) is 2. The van der Waals surface area contributed by atoms with Crippen molar-refractivity contribution in [2.24, 2.45) is 5.73 Å². The fourth-order valence-corrected chi connectivity index (χ4v) is 1.39. The molecule has 82 valence electrons. The van der Waals surface area contributed by atoms with Gasteiger partial charge in [-0.25, -0.2) is 4.79 Å². The first-order chi connectivity index (χ1) is 6.98. The van der Waals surface area contributed by atoms with E-state index in [1.54, 1.807) is 31.2 Å². The highest BCUT2D eigenvalue weighted by Crippen LogP contribution is 2.30. The van der Waals surface area contributed by atoms with Crippen LogP contribution in [-0.4, -0.2) is 11.2 Å². The van der Waals surface area contributed by atoms with Gasteiger partial charge in [0.15, 0.2) is 0 Å². The maximum atomic E-state index is 10.8. The quantitative estimate of drug-likeness (QED) is 0.800. The average molecular weight is 209 g/mol. The van der Waals surface area contributed by atoms with E-state index in [0.717, 1.165) is 5.56 Å². The maximum Gasteiger partial charge on any atom is 0.405 e. The summed E-state index contributed by atoms with van der Waals surface area (Å²) in [6.45, 7) is 3.64. The highest BCUT2D eigenvalue weighted by atomic mass is 16.6. The first kappa shape index (κ1) is 11.4. The maximum absolute atomic E-state index is 10.8. The Kier molecular flexibility index (Phi) is 3.19. The number of carbonyl (C=O) groups excluding carboxylic acids is 1. The second-order valence-corrected chi connectivity index (χ2v) is 3.56. The van der Waals surface area contributed by atoms with Crippen molar-refractivity contribution >= 4 is 6.09 Å². The molecule has 0 saturated carbocycles. The zero-order valence-corrected chi connectivity index (χ0v) is 8.86. The number of phenolic OH excluding ortho intramolecular Hbond substituents is 1. The van der Waals surface area contributed by atoms with Crippen molar-refractivity contribution in [1.29, 1.82) is 0 Å². The summed E-state index contributed by atoms with van der Waals surface area (Å²) in [6.07, 6.45) is -0.234. The first-order valence-electron chi connectivity index (χ1n) is 4.76. The second-order valence-electron chi connectivity index (χ2n) is 3.56. The van der Waals surface area contributed by atoms with Gasteiger partial charge in [0.1, 0.15) is 11.4 Å². The third-order valence-electron chi connectivity index (χ3n) is 2.46. The summed E-state index contributed by atoms with van der Waals surface area (Å²) in [5, 5.41) is 9.33. The minimum atomic E-state index is -0.817. The number of ether oxygens (including phenoxy) is 1. The van der Waals surface area contributed by atoms with Crippen molar-refractivity contribution in [3.05, 3.63) is 29.8 Å². The van der Waals surface area contributed by atoms with Crippen molar-refractivity contribution in [2.75, 3.05) is 0 Å². The zero-order valence-electron chi connectivity index (χ0n) is 8.86. The van der Waals surface area contributed by atoms with Gasteiger partial charge in [0.05, 0.1) is 0 Å². The fraction of sp³-hybridized carbons (Fsp3) is 0.364. The predicted molar refractivity (Wildman–Crippen MR) is 56.4 cm³/mol. The molecule has 3 N–H and O–H groups in total. The van der Waals surface area contributed by atoms with Gasteiger partial charge in [-0.1, -0.05) is 19.1 Å². The van der Waals surface area contributed by atoms with Crippen LogP contribution >= 0.6 is 0 Å². The number of rotatable bonds is 3. The van der Waals surface area contributed by atoms with Gasteiger partial charge < -0.3 is 15.6 Å². The first-order valence-corrected chi connectivity index (χ1v) is 4.76. The monoisotopic (exact) mass is 209 g/mol. The Hall–Kier alpha value is -1.71. The number of aromatic hydroxyl groups is 1. The van der Waals surface area contributed by atoms with Crippen LogP contribution < -0.4 is 5.73 Å². The number of carbonyl (C=O) groups is 1. The van der Waals surface area contributed by atoms with Gasteiger partial charge in [0.2, 0.25) is 0 Å². The number of nitrogens with two attached hydrogens (primary N) is 1. The molecule has 1 atom stereocenters. The lowest BCUT2D eigenvalue weighted by Crippen LogP contribution is -2.31. The van der Waals surface area contributed by atoms with Crippen molar-refractivity contribution < 1.29 is 14.6 Å². The Morgan fingerprint density at radius 3 is 2.73 bits per heavy atom. The number of primary amides is 1. The van der Waals surface area contributed by atoms with E-state index in [9.17, 15) is 9.90 Å². The molecule has 1 amide bonds. The molecule has 0 radical (unpaired) electrons. The third-order valence-corrected chi connectivity index (χ3v) is 2.46. The Morgan fingerprint density at radius 2 is 2.27 bits per heavy atom. The van der Waals surface area contributed by atoms with E-state index in [4.69, 9.17) is 10.5 Å². The molecule has 0 fully saturated rings. The summed E-state index contributed by atoms with van der Waals surface area (Å²) in [6, 6.07) is 6.60. The molecule has 1 rings (SSSR count). The predicted octanol–water partition coefficient (Wildman–Crippen LogP) is 2.11. The van der Waals surface area contributed by atoms with Gasteiger partial charge in [0.25, 0.3) is 0 Å². The van der Waals surface area contributed by atoms with E-state index in [-0.39, 0.29) is 5.75 Å². The van der Waals surface area contributed by atoms with Crippen molar-refractivity contribution in [2.45, 2.75) is 25.9 Å². The summed E-state index contributed by atoms with van der Waals surface area (Å²) < 4.78 is 5.06. The summed E-state index contributed by atoms with van der Waals surface area (Å²) in [7, 11) is 0. The molecule has 15 heavy (non-hydrogen) atoms. The van der Waals surface area contributed by atoms with Crippen LogP contribution in [0, 0.1) is 0 Å². The molecule has 1 aromatic rings. The highest BCUT2D eigenvalue weighted by Gasteiger charge is 2.28. The number of phenols is 1. The molecule has 0 aromatic heterocycles. The third kappa shape index (κ3) is 2.62. The smallest absolute Gasteiger partial charge is 0.405 e. The molecule has 0 aliphatic heterocycles. The van der Waals surface area contributed by atoms with Crippen LogP contribution in [0.1, 0.15) is 25.8 Å². The molecule has 0 spiro atoms. The van der Waals surface area contributed by atoms with Gasteiger partial charge in [-0.15, -0.1) is 0 Å². The SMILES string of the molecule is CCC(C)(OC(N)=O)c1cccc(O)c1. The molecular formula is C11H15NO3. The molecule has 0 heterocycles. The van der Waals surface area contributed by atoms with Crippen LogP contribution in [0.5, 0.6) is 5.75 Å². The number of benzene rings is 1. The molecule has 4 nitrogen and oxygen atoms in total. The topological polar surface area (TPSA) is 72.5 Å². The molecule has 0 aliphatic rings. The Labute approximate surface area is 88.7 Å². The minimum Gasteiger partial charge on any atom is -0.508 e. The number of amides is 1. The van der Waals surface area contributed by atoms with Crippen molar-refractivity contribution in [3.8, 4) is 5.75 Å². The molecule has 4 heteroatoms. The van der Waals surface area contributed by atoms with Crippen LogP contribution in [0.15, 0.2) is 24.3 Å². The molecule has 1 aromatic carbocycles. The molecule has 1 unspecified atom stereocenters. The van der Waals surface area contributed by atoms with E-state index < -0.39 is 11.7 Å². The van der Waals surface area contributed by atoms with Crippen LogP contribution in [-0.2, 0) is 10.3 Å². The molecule has 0 bridgehead atoms. The van der Waals surface area contributed by atoms with Crippen LogP contribution in [0.3, 0.4) is 0 Å². The van der Waals surface area contributed by atoms with E-state index >= 15 is 0 Å². The van der Waals surface area contributed by atoms with Gasteiger partial charge in [-0.05, 0) is 31.0 Å². The van der Waals surface area contributed by atoms with E-state index in [2.05, 4.69) is 0 Å². The number of hydrogen-bond acceptors (Lipinski definition) is 3. The summed E-state index contributed by atoms with van der Waals surface area (Å²) in [5.74, 6) is 0.139. The summed E-state index contributed by atoms with van der Waals surface area (Å²) in [4.78, 5) is 10.8. The zero-order chi connectivity index (χ0) is 11.5. The fourth-order valence-electron chi connectivity index (χ4n) is 1.39. The van der Waals surface area contributed by atoms with Gasteiger partial charge in [-0.2, -0.15) is 0 Å². The molecule has 0 aliphatic carbocycles. The Balaban J connectivity index is 3.05. The highest BCUT2D eigenvalue weighted by molar-refractivity contribution is 5.65. The Bertz CT molecular complexity index is 365. The lowest BCUT2D eigenvalue weighted by atomic mass is 9.93. The summed E-state index contributed by atoms with van der Waals surface area (Å²) >= 11 is 0. The van der Waals surface area contributed by atoms with Gasteiger partial charge >= 0.3 is 6.09 Å². The second kappa shape index (κ2) is 4.21. The summed E-state index contributed by atoms with van der Waals surface area (Å²) in [5.41, 5.74) is 4.94. The van der Waals surface area contributed by atoms with Gasteiger partial charge in [0, 0.05) is 0 Å². The van der Waals surface area contributed by atoms with Gasteiger partial charge in [-0.3, -0.25) is 0 Å². The largest absolute Gasteiger partial charge is 0.508 e. The molecular weight excluding hydrogens is 194 g/mol. The normalized spacial score (nSPS) is 14.3. The van der Waals surface area contributed by atoms with E-state index in [0.29, 0.717) is 6.42 Å². The molecule has 0 saturated heterocycles. The van der Waals surface area contributed by atoms with E-state index in [1.165, 1.54) is 0 Å². The van der Waals surface area contributed by atoms with Crippen molar-refractivity contribution in [3.63, 3.8) is 0 Å². The van der Waals surface area contributed by atoms with Crippen LogP contribution in [0.2, 0.25) is 0 Å². The van der Waals surface area contributed by atoms with Crippen LogP contribution in [0.25, 0.3) is 0 Å². The average Bonchev–Trinajstić information content (AvgIpc) is 2.16.